The molecule has 0 aromatic carbocycles. The number of aliphatic carboxylic acids is 1. The molecule has 2 amide bonds. The fourth-order valence-electron chi connectivity index (χ4n) is 16.7. The van der Waals surface area contributed by atoms with Crippen molar-refractivity contribution in [2.45, 2.75) is 197 Å². The molecule has 0 radical (unpaired) electrons. The number of carbonyl (C=O) groups excluding carboxylic acids is 3. The molecule has 9 heteroatoms. The summed E-state index contributed by atoms with van der Waals surface area (Å²) in [6.45, 7) is 27.2. The Balaban J connectivity index is 0.990. The number of rotatable bonds is 10. The second-order valence-electron chi connectivity index (χ2n) is 25.3. The van der Waals surface area contributed by atoms with Crippen LogP contribution in [0.1, 0.15) is 185 Å². The summed E-state index contributed by atoms with van der Waals surface area (Å²) in [5, 5.41) is 13.4. The molecule has 0 aromatic heterocycles. The fourth-order valence-corrected chi connectivity index (χ4v) is 16.7. The Kier molecular flexibility index (Phi) is 11.1. The van der Waals surface area contributed by atoms with Gasteiger partial charge in [-0.25, -0.2) is 0 Å². The van der Waals surface area contributed by atoms with Crippen LogP contribution < -0.4 is 5.32 Å². The summed E-state index contributed by atoms with van der Waals surface area (Å²) in [4.78, 5) is 61.1. The van der Waals surface area contributed by atoms with Crippen LogP contribution in [0.15, 0.2) is 4.99 Å². The Hall–Kier alpha value is -2.45. The third-order valence-corrected chi connectivity index (χ3v) is 21.3. The molecule has 0 bridgehead atoms. The highest BCUT2D eigenvalue weighted by molar-refractivity contribution is 5.89. The quantitative estimate of drug-likeness (QED) is 0.211. The first-order valence-electron chi connectivity index (χ1n) is 25.0. The van der Waals surface area contributed by atoms with Crippen LogP contribution in [0.25, 0.3) is 0 Å². The van der Waals surface area contributed by atoms with E-state index in [0.29, 0.717) is 40.9 Å². The average Bonchev–Trinajstić information content (AvgIpc) is 3.80. The lowest BCUT2D eigenvalue weighted by atomic mass is 9.32. The van der Waals surface area contributed by atoms with Crippen molar-refractivity contribution in [3.63, 3.8) is 0 Å². The molecule has 0 unspecified atom stereocenters. The van der Waals surface area contributed by atoms with E-state index in [2.05, 4.69) is 72.5 Å². The Labute approximate surface area is 368 Å². The first kappa shape index (κ1) is 45.1. The van der Waals surface area contributed by atoms with Gasteiger partial charge in [0, 0.05) is 55.6 Å². The summed E-state index contributed by atoms with van der Waals surface area (Å²) < 4.78 is 6.23. The minimum Gasteiger partial charge on any atom is -0.481 e. The molecule has 1 heterocycles. The van der Waals surface area contributed by atoms with Crippen LogP contribution in [0.5, 0.6) is 0 Å². The van der Waals surface area contributed by atoms with Crippen LogP contribution in [-0.4, -0.2) is 71.3 Å². The van der Waals surface area contributed by atoms with E-state index < -0.39 is 17.4 Å². The number of nitrogens with zero attached hydrogens (tertiary/aromatic N) is 2. The topological polar surface area (TPSA) is 125 Å². The number of hydrogen-bond acceptors (Lipinski definition) is 6. The predicted molar refractivity (Wildman–Crippen MR) is 240 cm³/mol. The van der Waals surface area contributed by atoms with E-state index in [4.69, 9.17) is 9.73 Å². The maximum absolute atomic E-state index is 15.3. The van der Waals surface area contributed by atoms with E-state index in [1.54, 1.807) is 13.8 Å². The number of fused-ring (bicyclic) bond motifs is 7. The maximum Gasteiger partial charge on any atom is 0.309 e. The molecule has 9 nitrogen and oxygen atoms in total. The van der Waals surface area contributed by atoms with Crippen molar-refractivity contribution in [2.75, 3.05) is 19.6 Å². The Morgan fingerprint density at radius 2 is 1.48 bits per heavy atom. The summed E-state index contributed by atoms with van der Waals surface area (Å²) >= 11 is 0. The number of hydrogen-bond donors (Lipinski definition) is 2. The molecule has 342 valence electrons. The van der Waals surface area contributed by atoms with E-state index in [9.17, 15) is 19.5 Å². The van der Waals surface area contributed by atoms with Crippen LogP contribution in [-0.2, 0) is 23.9 Å². The smallest absolute Gasteiger partial charge is 0.309 e. The molecule has 12 atom stereocenters. The summed E-state index contributed by atoms with van der Waals surface area (Å²) in [6, 6.07) is 0.0178. The van der Waals surface area contributed by atoms with Crippen LogP contribution in [0, 0.1) is 78.8 Å². The molecule has 8 aliphatic rings. The number of carboxylic acids is 1. The largest absolute Gasteiger partial charge is 0.481 e. The van der Waals surface area contributed by atoms with Gasteiger partial charge in [-0.15, -0.1) is 0 Å². The number of amides is 2. The number of carboxylic acid groups (broad SMARTS) is 1. The van der Waals surface area contributed by atoms with Crippen molar-refractivity contribution in [3.05, 3.63) is 0 Å². The molecular formula is C52H83N3O6. The molecule has 1 aliphatic heterocycles. The Bertz CT molecular complexity index is 1800. The van der Waals surface area contributed by atoms with Gasteiger partial charge in [0.2, 0.25) is 11.8 Å². The van der Waals surface area contributed by atoms with Crippen molar-refractivity contribution < 1.29 is 29.0 Å². The molecule has 1 saturated heterocycles. The molecule has 8 rings (SSSR count). The summed E-state index contributed by atoms with van der Waals surface area (Å²) in [5.74, 6) is 1.58. The zero-order valence-corrected chi connectivity index (χ0v) is 40.1. The van der Waals surface area contributed by atoms with Crippen molar-refractivity contribution in [2.24, 2.45) is 83.8 Å². The van der Waals surface area contributed by atoms with Crippen molar-refractivity contribution >= 4 is 29.5 Å². The average molecular weight is 846 g/mol. The number of carbonyl (C=O) groups is 4. The minimum absolute atomic E-state index is 0.0178. The standard InChI is InChI=1S/C52H83N3O6/c1-12-27-53-32-18-28-55(29-19-32)42(57)35-30-38(46(35,4)5)54-43(58)52-22-15-33(48(8)23-24-48)41(52)34-13-14-37-49(9)20-17-39(61-40(56)31-45(2,3)44(59)60)47(6,7)36(49)16-21-51(37,11)50(34,10)25-26-52/h33-39,41H,12-31H2,1-11H3,(H,54,58)(H,59,60)/t33-,34-,35-,36+,37-,38-,39+,41-,49+,50-,51-,52+/m1/s1. The maximum atomic E-state index is 15.3. The lowest BCUT2D eigenvalue weighted by molar-refractivity contribution is -0.251. The number of ether oxygens (including phenoxy) is 1. The van der Waals surface area contributed by atoms with Gasteiger partial charge in [-0.2, -0.15) is 0 Å². The number of esters is 1. The van der Waals surface area contributed by atoms with Gasteiger partial charge in [-0.3, -0.25) is 24.2 Å². The van der Waals surface area contributed by atoms with Gasteiger partial charge in [-0.05, 0) is 160 Å². The van der Waals surface area contributed by atoms with Crippen molar-refractivity contribution in [1.29, 1.82) is 0 Å². The van der Waals surface area contributed by atoms with Crippen molar-refractivity contribution in [3.8, 4) is 0 Å². The van der Waals surface area contributed by atoms with E-state index in [-0.39, 0.29) is 62.9 Å². The molecule has 7 aliphatic carbocycles. The van der Waals surface area contributed by atoms with E-state index in [1.807, 2.05) is 0 Å². The van der Waals surface area contributed by atoms with Gasteiger partial charge < -0.3 is 20.1 Å². The van der Waals surface area contributed by atoms with Crippen LogP contribution in [0.3, 0.4) is 0 Å². The second-order valence-corrected chi connectivity index (χ2v) is 25.3. The normalized spacial score (nSPS) is 43.0. The highest BCUT2D eigenvalue weighted by Gasteiger charge is 2.74. The molecule has 0 spiro atoms. The molecular weight excluding hydrogens is 763 g/mol. The summed E-state index contributed by atoms with van der Waals surface area (Å²) in [7, 11) is 0. The summed E-state index contributed by atoms with van der Waals surface area (Å²) in [6.07, 6.45) is 16.5. The van der Waals surface area contributed by atoms with Gasteiger partial charge in [0.1, 0.15) is 6.10 Å². The summed E-state index contributed by atoms with van der Waals surface area (Å²) in [5.41, 5.74) is -0.00150. The van der Waals surface area contributed by atoms with Gasteiger partial charge in [0.15, 0.2) is 0 Å². The molecule has 0 aromatic rings. The third-order valence-electron chi connectivity index (χ3n) is 21.3. The molecule has 61 heavy (non-hydrogen) atoms. The number of nitrogens with one attached hydrogen (secondary N) is 1. The predicted octanol–water partition coefficient (Wildman–Crippen LogP) is 10.3. The zero-order chi connectivity index (χ0) is 44.3. The van der Waals surface area contributed by atoms with Crippen LogP contribution in [0.2, 0.25) is 0 Å². The molecule has 7 saturated carbocycles. The lowest BCUT2D eigenvalue weighted by Crippen LogP contribution is -2.69. The van der Waals surface area contributed by atoms with Gasteiger partial charge >= 0.3 is 11.9 Å². The van der Waals surface area contributed by atoms with Gasteiger partial charge in [-0.1, -0.05) is 62.3 Å². The van der Waals surface area contributed by atoms with E-state index in [1.165, 1.54) is 31.4 Å². The number of piperidine rings is 1. The SMILES string of the molecule is CCCN=C1CCN(C(=O)[C@H]2C[C@@H](NC(=O)[C@]34CC[C@@H](C5(C)CC5)[C@@H]3[C@H]3CC[C@@H]5[C@@]6(C)CC[C@H](OC(=O)CC(C)(C)C(=O)O)C(C)(C)[C@@H]6CC[C@@]5(C)[C@]3(C)CC4)C2(C)C)CC1. The zero-order valence-electron chi connectivity index (χ0n) is 40.1. The molecule has 2 N–H and O–H groups in total. The first-order valence-corrected chi connectivity index (χ1v) is 25.0. The van der Waals surface area contributed by atoms with Crippen LogP contribution in [0.4, 0.5) is 0 Å². The van der Waals surface area contributed by atoms with E-state index >= 15 is 4.79 Å². The lowest BCUT2D eigenvalue weighted by Gasteiger charge is -2.73. The molecule has 8 fully saturated rings. The van der Waals surface area contributed by atoms with E-state index in [0.717, 1.165) is 96.7 Å². The highest BCUT2D eigenvalue weighted by Crippen LogP contribution is 2.79. The third kappa shape index (κ3) is 6.89. The van der Waals surface area contributed by atoms with Crippen molar-refractivity contribution in [1.82, 2.24) is 10.2 Å². The monoisotopic (exact) mass is 846 g/mol. The second kappa shape index (κ2) is 15.1. The van der Waals surface area contributed by atoms with Gasteiger partial charge in [0.25, 0.3) is 0 Å². The Morgan fingerprint density at radius 1 is 0.787 bits per heavy atom. The first-order chi connectivity index (χ1) is 28.4. The number of likely N-dealkylation sites (tertiary alicyclic amines) is 1. The minimum atomic E-state index is -1.15. The number of aliphatic imine (C=N–C) groups is 1. The Morgan fingerprint density at radius 3 is 2.10 bits per heavy atom. The fraction of sp³-hybridized carbons (Fsp3) is 0.904. The van der Waals surface area contributed by atoms with Crippen LogP contribution >= 0.6 is 0 Å². The highest BCUT2D eigenvalue weighted by atomic mass is 16.5. The van der Waals surface area contributed by atoms with Gasteiger partial charge in [0.05, 0.1) is 17.3 Å².